The molecule has 0 radical (unpaired) electrons. The van der Waals surface area contributed by atoms with Crippen LogP contribution in [0.25, 0.3) is 17.8 Å². The summed E-state index contributed by atoms with van der Waals surface area (Å²) < 4.78 is 7.12. The molecule has 0 spiro atoms. The third-order valence-corrected chi connectivity index (χ3v) is 3.83. The van der Waals surface area contributed by atoms with E-state index in [4.69, 9.17) is 4.52 Å². The van der Waals surface area contributed by atoms with E-state index in [1.807, 2.05) is 32.0 Å². The van der Waals surface area contributed by atoms with Crippen molar-refractivity contribution >= 4 is 17.8 Å². The lowest BCUT2D eigenvalue weighted by molar-refractivity contribution is -0.386. The van der Waals surface area contributed by atoms with Crippen molar-refractivity contribution in [3.63, 3.8) is 0 Å². The highest BCUT2D eigenvalue weighted by molar-refractivity contribution is 5.73. The maximum Gasteiger partial charge on any atom is 0.338 e. The summed E-state index contributed by atoms with van der Waals surface area (Å²) in [5.41, 5.74) is 4.13. The van der Waals surface area contributed by atoms with Crippen LogP contribution in [0.5, 0.6) is 0 Å². The third kappa shape index (κ3) is 2.71. The number of nitro groups is 1. The van der Waals surface area contributed by atoms with Crippen LogP contribution >= 0.6 is 0 Å². The first-order valence-electron chi connectivity index (χ1n) is 7.37. The zero-order valence-electron chi connectivity index (χ0n) is 13.6. The van der Waals surface area contributed by atoms with Gasteiger partial charge in [0.25, 0.3) is 0 Å². The summed E-state index contributed by atoms with van der Waals surface area (Å²) in [5, 5.41) is 14.7. The summed E-state index contributed by atoms with van der Waals surface area (Å²) in [6.07, 6.45) is 6.89. The Labute approximate surface area is 138 Å². The van der Waals surface area contributed by atoms with Crippen molar-refractivity contribution in [1.29, 1.82) is 0 Å². The van der Waals surface area contributed by atoms with Crippen molar-refractivity contribution in [3.05, 3.63) is 69.1 Å². The van der Waals surface area contributed by atoms with Crippen LogP contribution in [-0.4, -0.2) is 19.6 Å². The molecule has 3 heterocycles. The van der Waals surface area contributed by atoms with Gasteiger partial charge in [0.15, 0.2) is 5.69 Å². The first kappa shape index (κ1) is 15.7. The molecular weight excluding hydrogens is 308 g/mol. The Hall–Kier alpha value is -3.22. The monoisotopic (exact) mass is 324 g/mol. The molecule has 0 N–H and O–H groups in total. The average molecular weight is 324 g/mol. The second-order valence-corrected chi connectivity index (χ2v) is 5.44. The summed E-state index contributed by atoms with van der Waals surface area (Å²) in [6, 6.07) is 5.86. The summed E-state index contributed by atoms with van der Waals surface area (Å²) in [5.74, 6) is 0.142. The summed E-state index contributed by atoms with van der Waals surface area (Å²) in [4.78, 5) is 14.7. The van der Waals surface area contributed by atoms with Gasteiger partial charge in [0.1, 0.15) is 0 Å². The molecule has 24 heavy (non-hydrogen) atoms. The lowest BCUT2D eigenvalue weighted by atomic mass is 10.2. The Kier molecular flexibility index (Phi) is 3.99. The molecule has 3 rings (SSSR count). The molecule has 0 aliphatic rings. The Morgan fingerprint density at radius 1 is 1.29 bits per heavy atom. The average Bonchev–Trinajstić information content (AvgIpc) is 3.06. The fourth-order valence-electron chi connectivity index (χ4n) is 2.72. The smallest absolute Gasteiger partial charge is 0.338 e. The number of hydrogen-bond acceptors (Lipinski definition) is 5. The van der Waals surface area contributed by atoms with Gasteiger partial charge in [-0.1, -0.05) is 5.16 Å². The largest absolute Gasteiger partial charge is 0.349 e. The molecule has 3 aromatic heterocycles. The maximum absolute atomic E-state index is 11.1. The van der Waals surface area contributed by atoms with Crippen LogP contribution < -0.4 is 0 Å². The van der Waals surface area contributed by atoms with Crippen LogP contribution in [0, 0.1) is 30.9 Å². The highest BCUT2D eigenvalue weighted by atomic mass is 16.6. The first-order chi connectivity index (χ1) is 11.5. The third-order valence-electron chi connectivity index (χ3n) is 3.83. The standard InChI is InChI=1S/C17H16N4O3/c1-11-9-14(13(3)20(11)15-5-4-8-18-10-15)6-7-16-17(21(22)23)12(2)19-24-16/h4-10H,1-3H3. The summed E-state index contributed by atoms with van der Waals surface area (Å²) in [7, 11) is 0. The SMILES string of the molecule is Cc1noc(C=Cc2cc(C)n(-c3cccnc3)c2C)c1[N+](=O)[O-]. The minimum atomic E-state index is -0.482. The number of aryl methyl sites for hydroxylation is 2. The number of nitrogens with zero attached hydrogens (tertiary/aromatic N) is 4. The van der Waals surface area contributed by atoms with Crippen molar-refractivity contribution < 1.29 is 9.45 Å². The second kappa shape index (κ2) is 6.11. The van der Waals surface area contributed by atoms with E-state index in [-0.39, 0.29) is 17.1 Å². The van der Waals surface area contributed by atoms with Gasteiger partial charge in [-0.2, -0.15) is 0 Å². The van der Waals surface area contributed by atoms with Crippen LogP contribution in [0.3, 0.4) is 0 Å². The molecule has 7 nitrogen and oxygen atoms in total. The van der Waals surface area contributed by atoms with Crippen LogP contribution in [0.1, 0.15) is 28.4 Å². The van der Waals surface area contributed by atoms with Gasteiger partial charge in [-0.15, -0.1) is 0 Å². The van der Waals surface area contributed by atoms with Crippen molar-refractivity contribution in [2.75, 3.05) is 0 Å². The fraction of sp³-hybridized carbons (Fsp3) is 0.176. The lowest BCUT2D eigenvalue weighted by Gasteiger charge is -2.08. The molecule has 0 unspecified atom stereocenters. The van der Waals surface area contributed by atoms with Crippen LogP contribution in [-0.2, 0) is 0 Å². The normalized spacial score (nSPS) is 11.3. The summed E-state index contributed by atoms with van der Waals surface area (Å²) in [6.45, 7) is 5.53. The van der Waals surface area contributed by atoms with Gasteiger partial charge in [-0.05, 0) is 56.7 Å². The molecule has 0 aliphatic heterocycles. The predicted molar refractivity (Wildman–Crippen MR) is 89.9 cm³/mol. The van der Waals surface area contributed by atoms with Crippen LogP contribution in [0.2, 0.25) is 0 Å². The molecule has 0 fully saturated rings. The van der Waals surface area contributed by atoms with E-state index < -0.39 is 4.92 Å². The van der Waals surface area contributed by atoms with E-state index in [1.54, 1.807) is 31.5 Å². The molecule has 0 saturated carbocycles. The van der Waals surface area contributed by atoms with E-state index in [2.05, 4.69) is 14.7 Å². The Morgan fingerprint density at radius 2 is 2.08 bits per heavy atom. The molecule has 0 aromatic carbocycles. The number of hydrogen-bond donors (Lipinski definition) is 0. The minimum Gasteiger partial charge on any atom is -0.349 e. The summed E-state index contributed by atoms with van der Waals surface area (Å²) >= 11 is 0. The fourth-order valence-corrected chi connectivity index (χ4v) is 2.72. The van der Waals surface area contributed by atoms with E-state index in [0.717, 1.165) is 22.6 Å². The topological polar surface area (TPSA) is 87.0 Å². The quantitative estimate of drug-likeness (QED) is 0.537. The van der Waals surface area contributed by atoms with Gasteiger partial charge < -0.3 is 9.09 Å². The van der Waals surface area contributed by atoms with E-state index in [0.29, 0.717) is 0 Å². The molecule has 3 aromatic rings. The van der Waals surface area contributed by atoms with Crippen molar-refractivity contribution in [2.45, 2.75) is 20.8 Å². The molecule has 7 heteroatoms. The lowest BCUT2D eigenvalue weighted by Crippen LogP contribution is -1.99. The van der Waals surface area contributed by atoms with Gasteiger partial charge in [-0.25, -0.2) is 0 Å². The molecule has 0 aliphatic carbocycles. The molecule has 0 amide bonds. The number of pyridine rings is 1. The highest BCUT2D eigenvalue weighted by Crippen LogP contribution is 2.26. The van der Waals surface area contributed by atoms with Crippen LogP contribution in [0.4, 0.5) is 5.69 Å². The van der Waals surface area contributed by atoms with Gasteiger partial charge in [0.05, 0.1) is 16.8 Å². The zero-order chi connectivity index (χ0) is 17.3. The van der Waals surface area contributed by atoms with E-state index in [1.165, 1.54) is 0 Å². The Balaban J connectivity index is 1.99. The molecule has 122 valence electrons. The number of aromatic nitrogens is 3. The van der Waals surface area contributed by atoms with E-state index in [9.17, 15) is 10.1 Å². The second-order valence-electron chi connectivity index (χ2n) is 5.44. The number of rotatable bonds is 4. The maximum atomic E-state index is 11.1. The van der Waals surface area contributed by atoms with Crippen molar-refractivity contribution in [2.24, 2.45) is 0 Å². The minimum absolute atomic E-state index is 0.104. The van der Waals surface area contributed by atoms with Crippen molar-refractivity contribution in [1.82, 2.24) is 14.7 Å². The highest BCUT2D eigenvalue weighted by Gasteiger charge is 2.22. The predicted octanol–water partition coefficient (Wildman–Crippen LogP) is 3.86. The Morgan fingerprint density at radius 3 is 2.75 bits per heavy atom. The molecule has 0 atom stereocenters. The molecular formula is C17H16N4O3. The Bertz CT molecular complexity index is 923. The first-order valence-corrected chi connectivity index (χ1v) is 7.37. The van der Waals surface area contributed by atoms with Gasteiger partial charge >= 0.3 is 5.69 Å². The van der Waals surface area contributed by atoms with Gasteiger partial charge in [-0.3, -0.25) is 15.1 Å². The zero-order valence-corrected chi connectivity index (χ0v) is 13.6. The van der Waals surface area contributed by atoms with E-state index >= 15 is 0 Å². The molecule has 0 saturated heterocycles. The van der Waals surface area contributed by atoms with Gasteiger partial charge in [0.2, 0.25) is 5.76 Å². The van der Waals surface area contributed by atoms with Gasteiger partial charge in [0, 0.05) is 17.6 Å². The van der Waals surface area contributed by atoms with Crippen molar-refractivity contribution in [3.8, 4) is 5.69 Å². The molecule has 0 bridgehead atoms. The van der Waals surface area contributed by atoms with Crippen LogP contribution in [0.15, 0.2) is 35.1 Å².